The van der Waals surface area contributed by atoms with Gasteiger partial charge in [0.05, 0.1) is 12.8 Å². The zero-order valence-electron chi connectivity index (χ0n) is 12.0. The molecule has 0 saturated heterocycles. The Kier molecular flexibility index (Phi) is 7.30. The first-order valence-corrected chi connectivity index (χ1v) is 8.96. The second kappa shape index (κ2) is 8.47. The van der Waals surface area contributed by atoms with Crippen molar-refractivity contribution in [2.45, 2.75) is 6.42 Å². The summed E-state index contributed by atoms with van der Waals surface area (Å²) in [5.74, 6) is -0.375. The Balaban J connectivity index is 2.61. The van der Waals surface area contributed by atoms with Gasteiger partial charge in [0.15, 0.2) is 0 Å². The number of sulfonamides is 1. The summed E-state index contributed by atoms with van der Waals surface area (Å²) < 4.78 is 30.2. The molecule has 6 nitrogen and oxygen atoms in total. The average Bonchev–Trinajstić information content (AvgIpc) is 2.39. The van der Waals surface area contributed by atoms with Gasteiger partial charge in [-0.2, -0.15) is 4.31 Å². The molecular formula is C13H19BrN2O4S. The van der Waals surface area contributed by atoms with Crippen molar-refractivity contribution in [1.82, 2.24) is 4.31 Å². The smallest absolute Gasteiger partial charge is 0.239 e. The Bertz CT molecular complexity index is 560. The summed E-state index contributed by atoms with van der Waals surface area (Å²) in [4.78, 5) is 11.9. The SMILES string of the molecule is COCCCN(CC(=O)Nc1ccc(Br)cc1)S(C)(=O)=O. The van der Waals surface area contributed by atoms with Crippen molar-refractivity contribution in [2.24, 2.45) is 0 Å². The molecule has 1 N–H and O–H groups in total. The number of carbonyl (C=O) groups excluding carboxylic acids is 1. The van der Waals surface area contributed by atoms with Gasteiger partial charge < -0.3 is 10.1 Å². The number of carbonyl (C=O) groups is 1. The van der Waals surface area contributed by atoms with Crippen LogP contribution in [0.2, 0.25) is 0 Å². The lowest BCUT2D eigenvalue weighted by Gasteiger charge is -2.19. The Morgan fingerprint density at radius 1 is 1.33 bits per heavy atom. The molecule has 0 unspecified atom stereocenters. The van der Waals surface area contributed by atoms with E-state index in [9.17, 15) is 13.2 Å². The highest BCUT2D eigenvalue weighted by molar-refractivity contribution is 9.10. The molecule has 1 aromatic rings. The predicted octanol–water partition coefficient (Wildman–Crippen LogP) is 1.69. The molecule has 8 heteroatoms. The van der Waals surface area contributed by atoms with Gasteiger partial charge in [-0.25, -0.2) is 8.42 Å². The molecule has 0 bridgehead atoms. The number of amides is 1. The molecule has 0 spiro atoms. The van der Waals surface area contributed by atoms with Crippen molar-refractivity contribution in [3.63, 3.8) is 0 Å². The molecule has 21 heavy (non-hydrogen) atoms. The first kappa shape index (κ1) is 18.1. The van der Waals surface area contributed by atoms with Crippen LogP contribution in [0, 0.1) is 0 Å². The molecule has 0 aliphatic carbocycles. The number of rotatable bonds is 8. The minimum absolute atomic E-state index is 0.210. The van der Waals surface area contributed by atoms with E-state index in [-0.39, 0.29) is 19.0 Å². The maximum absolute atomic E-state index is 11.9. The number of methoxy groups -OCH3 is 1. The van der Waals surface area contributed by atoms with Gasteiger partial charge in [0.25, 0.3) is 0 Å². The summed E-state index contributed by atoms with van der Waals surface area (Å²) in [5, 5.41) is 2.66. The predicted molar refractivity (Wildman–Crippen MR) is 85.7 cm³/mol. The summed E-state index contributed by atoms with van der Waals surface area (Å²) in [5.41, 5.74) is 0.619. The number of nitrogens with one attached hydrogen (secondary N) is 1. The number of nitrogens with zero attached hydrogens (tertiary/aromatic N) is 1. The largest absolute Gasteiger partial charge is 0.385 e. The van der Waals surface area contributed by atoms with Gasteiger partial charge in [-0.1, -0.05) is 15.9 Å². The first-order chi connectivity index (χ1) is 9.82. The lowest BCUT2D eigenvalue weighted by molar-refractivity contribution is -0.116. The van der Waals surface area contributed by atoms with Gasteiger partial charge >= 0.3 is 0 Å². The summed E-state index contributed by atoms with van der Waals surface area (Å²) in [6.45, 7) is 0.486. The van der Waals surface area contributed by atoms with Crippen LogP contribution in [0.3, 0.4) is 0 Å². The van der Waals surface area contributed by atoms with Crippen LogP contribution in [-0.4, -0.2) is 51.7 Å². The lowest BCUT2D eigenvalue weighted by Crippen LogP contribution is -2.38. The fourth-order valence-electron chi connectivity index (χ4n) is 1.64. The Morgan fingerprint density at radius 3 is 2.48 bits per heavy atom. The molecule has 0 aliphatic rings. The summed E-state index contributed by atoms with van der Waals surface area (Å²) in [7, 11) is -1.88. The Labute approximate surface area is 133 Å². The van der Waals surface area contributed by atoms with Gasteiger partial charge in [-0.3, -0.25) is 4.79 Å². The standard InChI is InChI=1S/C13H19BrN2O4S/c1-20-9-3-8-16(21(2,18)19)10-13(17)15-12-6-4-11(14)5-7-12/h4-7H,3,8-10H2,1-2H3,(H,15,17). The van der Waals surface area contributed by atoms with E-state index in [1.807, 2.05) is 0 Å². The molecule has 1 rings (SSSR count). The summed E-state index contributed by atoms with van der Waals surface area (Å²) in [6, 6.07) is 7.06. The van der Waals surface area contributed by atoms with E-state index in [1.54, 1.807) is 31.4 Å². The first-order valence-electron chi connectivity index (χ1n) is 6.32. The molecule has 0 radical (unpaired) electrons. The second-order valence-electron chi connectivity index (χ2n) is 4.50. The normalized spacial score (nSPS) is 11.6. The number of hydrogen-bond acceptors (Lipinski definition) is 4. The molecule has 0 heterocycles. The number of anilines is 1. The van der Waals surface area contributed by atoms with Crippen LogP contribution in [0.4, 0.5) is 5.69 Å². The van der Waals surface area contributed by atoms with Crippen molar-refractivity contribution in [3.8, 4) is 0 Å². The fraction of sp³-hybridized carbons (Fsp3) is 0.462. The topological polar surface area (TPSA) is 75.7 Å². The maximum Gasteiger partial charge on any atom is 0.239 e. The highest BCUT2D eigenvalue weighted by Crippen LogP contribution is 2.14. The molecule has 0 atom stereocenters. The quantitative estimate of drug-likeness (QED) is 0.698. The van der Waals surface area contributed by atoms with Crippen LogP contribution in [0.5, 0.6) is 0 Å². The molecule has 1 aromatic carbocycles. The molecule has 0 aromatic heterocycles. The maximum atomic E-state index is 11.9. The molecule has 1 amide bonds. The number of hydrogen-bond donors (Lipinski definition) is 1. The third-order valence-corrected chi connectivity index (χ3v) is 4.45. The highest BCUT2D eigenvalue weighted by Gasteiger charge is 2.19. The Morgan fingerprint density at radius 2 is 1.95 bits per heavy atom. The van der Waals surface area contributed by atoms with E-state index < -0.39 is 10.0 Å². The molecule has 118 valence electrons. The Hall–Kier alpha value is -0.960. The number of ether oxygens (including phenoxy) is 1. The molecule has 0 aliphatic heterocycles. The van der Waals surface area contributed by atoms with Gasteiger partial charge in [0.1, 0.15) is 0 Å². The van der Waals surface area contributed by atoms with Gasteiger partial charge in [0.2, 0.25) is 15.9 Å². The summed E-state index contributed by atoms with van der Waals surface area (Å²) in [6.07, 6.45) is 1.63. The third kappa shape index (κ3) is 7.03. The van der Waals surface area contributed by atoms with Crippen molar-refractivity contribution in [3.05, 3.63) is 28.7 Å². The van der Waals surface area contributed by atoms with E-state index in [0.717, 1.165) is 15.0 Å². The van der Waals surface area contributed by atoms with Gasteiger partial charge in [-0.15, -0.1) is 0 Å². The van der Waals surface area contributed by atoms with E-state index >= 15 is 0 Å². The van der Waals surface area contributed by atoms with Crippen molar-refractivity contribution >= 4 is 37.5 Å². The van der Waals surface area contributed by atoms with Crippen LogP contribution in [-0.2, 0) is 19.6 Å². The van der Waals surface area contributed by atoms with Crippen molar-refractivity contribution in [2.75, 3.05) is 38.4 Å². The van der Waals surface area contributed by atoms with Crippen LogP contribution >= 0.6 is 15.9 Å². The molecule has 0 fully saturated rings. The monoisotopic (exact) mass is 378 g/mol. The van der Waals surface area contributed by atoms with Crippen molar-refractivity contribution in [1.29, 1.82) is 0 Å². The molecule has 0 saturated carbocycles. The summed E-state index contributed by atoms with van der Waals surface area (Å²) >= 11 is 3.30. The average molecular weight is 379 g/mol. The minimum Gasteiger partial charge on any atom is -0.385 e. The van der Waals surface area contributed by atoms with E-state index in [2.05, 4.69) is 21.2 Å². The number of halogens is 1. The van der Waals surface area contributed by atoms with Gasteiger partial charge in [-0.05, 0) is 30.7 Å². The van der Waals surface area contributed by atoms with Crippen molar-refractivity contribution < 1.29 is 17.9 Å². The third-order valence-electron chi connectivity index (χ3n) is 2.67. The van der Waals surface area contributed by atoms with Crippen LogP contribution < -0.4 is 5.32 Å². The van der Waals surface area contributed by atoms with Crippen LogP contribution in [0.15, 0.2) is 28.7 Å². The molecular weight excluding hydrogens is 360 g/mol. The van der Waals surface area contributed by atoms with E-state index in [1.165, 1.54) is 0 Å². The lowest BCUT2D eigenvalue weighted by atomic mass is 10.3. The van der Waals surface area contributed by atoms with E-state index in [4.69, 9.17) is 4.74 Å². The minimum atomic E-state index is -3.43. The van der Waals surface area contributed by atoms with Crippen LogP contribution in [0.25, 0.3) is 0 Å². The zero-order chi connectivity index (χ0) is 15.9. The van der Waals surface area contributed by atoms with Gasteiger partial charge in [0, 0.05) is 30.4 Å². The second-order valence-corrected chi connectivity index (χ2v) is 7.40. The number of benzene rings is 1. The zero-order valence-corrected chi connectivity index (χ0v) is 14.4. The van der Waals surface area contributed by atoms with Crippen LogP contribution in [0.1, 0.15) is 6.42 Å². The highest BCUT2D eigenvalue weighted by atomic mass is 79.9. The fourth-order valence-corrected chi connectivity index (χ4v) is 2.72. The van der Waals surface area contributed by atoms with E-state index in [0.29, 0.717) is 18.7 Å².